The topological polar surface area (TPSA) is 96.4 Å². The number of aliphatic hydroxyl groups is 1. The fraction of sp³-hybridized carbons (Fsp3) is 0.441. The van der Waals surface area contributed by atoms with Gasteiger partial charge in [-0.1, -0.05) is 85.0 Å². The Labute approximate surface area is 246 Å². The van der Waals surface area contributed by atoms with E-state index in [4.69, 9.17) is 9.47 Å². The highest BCUT2D eigenvalue weighted by atomic mass is 16.6. The number of rotatable bonds is 6. The Morgan fingerprint density at radius 2 is 1.62 bits per heavy atom. The number of carbonyl (C=O) groups excluding carboxylic acids is 3. The van der Waals surface area contributed by atoms with Crippen LogP contribution in [-0.2, 0) is 36.8 Å². The van der Waals surface area contributed by atoms with E-state index in [0.717, 1.165) is 30.4 Å². The zero-order chi connectivity index (χ0) is 29.3. The Kier molecular flexibility index (Phi) is 7.77. The number of benzene rings is 2. The van der Waals surface area contributed by atoms with Crippen LogP contribution in [0.15, 0.2) is 85.0 Å². The van der Waals surface area contributed by atoms with Gasteiger partial charge in [0.1, 0.15) is 17.6 Å². The third-order valence-corrected chi connectivity index (χ3v) is 9.16. The van der Waals surface area contributed by atoms with Crippen LogP contribution in [0.5, 0.6) is 0 Å². The molecule has 2 aromatic rings. The van der Waals surface area contributed by atoms with Crippen LogP contribution in [0.25, 0.3) is 0 Å². The van der Waals surface area contributed by atoms with Gasteiger partial charge in [0.15, 0.2) is 0 Å². The first kappa shape index (κ1) is 28.4. The summed E-state index contributed by atoms with van der Waals surface area (Å²) >= 11 is 0. The van der Waals surface area contributed by atoms with E-state index in [1.807, 2.05) is 91.9 Å². The first-order chi connectivity index (χ1) is 20.4. The average molecular weight is 571 g/mol. The quantitative estimate of drug-likeness (QED) is 0.422. The predicted octanol–water partition coefficient (Wildman–Crippen LogP) is 3.44. The summed E-state index contributed by atoms with van der Waals surface area (Å²) in [6, 6.07) is 17.6. The molecule has 4 heterocycles. The molecule has 8 nitrogen and oxygen atoms in total. The molecule has 0 aromatic heterocycles. The van der Waals surface area contributed by atoms with Gasteiger partial charge >= 0.3 is 5.97 Å². The standard InChI is InChI=1S/C34H38N2O6/c1-33-17-10-2-3-11-20-41-32(40)28(33)27-30(38)36(26(23-37)21-24-13-6-4-7-14-24)29-31(39)35(19-12-18-34(27,29)42-33)22-25-15-8-5-9-16-25/h4-10,12-18,26-29,37H,2-3,11,19-23H2,1H3/b17-10-/t26-,27+,28-,29?,33+,34+/m1/s1. The maximum absolute atomic E-state index is 14.7. The number of hydrogen-bond acceptors (Lipinski definition) is 6. The van der Waals surface area contributed by atoms with Gasteiger partial charge in [-0.3, -0.25) is 14.4 Å². The van der Waals surface area contributed by atoms with Crippen molar-refractivity contribution in [1.82, 2.24) is 9.80 Å². The molecule has 8 heteroatoms. The molecule has 4 aliphatic rings. The summed E-state index contributed by atoms with van der Waals surface area (Å²) in [6.45, 7) is 2.43. The molecule has 6 atom stereocenters. The number of hydrogen-bond donors (Lipinski definition) is 1. The summed E-state index contributed by atoms with van der Waals surface area (Å²) in [7, 11) is 0. The average Bonchev–Trinajstić information content (AvgIpc) is 3.34. The van der Waals surface area contributed by atoms with Crippen molar-refractivity contribution in [3.05, 3.63) is 96.1 Å². The summed E-state index contributed by atoms with van der Waals surface area (Å²) in [5, 5.41) is 10.7. The van der Waals surface area contributed by atoms with Crippen LogP contribution in [0, 0.1) is 11.8 Å². The minimum atomic E-state index is -1.40. The number of allylic oxidation sites excluding steroid dienone is 1. The van der Waals surface area contributed by atoms with Crippen molar-refractivity contribution in [3.8, 4) is 0 Å². The lowest BCUT2D eigenvalue weighted by Gasteiger charge is -2.40. The largest absolute Gasteiger partial charge is 0.465 e. The Morgan fingerprint density at radius 3 is 2.33 bits per heavy atom. The van der Waals surface area contributed by atoms with Gasteiger partial charge in [-0.25, -0.2) is 0 Å². The molecule has 2 saturated heterocycles. The van der Waals surface area contributed by atoms with E-state index in [-0.39, 0.29) is 25.0 Å². The molecule has 6 rings (SSSR count). The van der Waals surface area contributed by atoms with E-state index in [1.54, 1.807) is 4.90 Å². The van der Waals surface area contributed by atoms with Gasteiger partial charge in [-0.05, 0) is 43.7 Å². The van der Waals surface area contributed by atoms with Crippen molar-refractivity contribution in [2.24, 2.45) is 11.8 Å². The summed E-state index contributed by atoms with van der Waals surface area (Å²) in [5.74, 6) is -3.05. The van der Waals surface area contributed by atoms with Gasteiger partial charge in [-0.2, -0.15) is 0 Å². The fourth-order valence-corrected chi connectivity index (χ4v) is 7.26. The fourth-order valence-electron chi connectivity index (χ4n) is 7.26. The first-order valence-corrected chi connectivity index (χ1v) is 14.9. The summed E-state index contributed by atoms with van der Waals surface area (Å²) in [5.41, 5.74) is -0.655. The minimum absolute atomic E-state index is 0.268. The number of carbonyl (C=O) groups is 3. The molecule has 2 fully saturated rings. The molecule has 0 radical (unpaired) electrons. The van der Waals surface area contributed by atoms with Crippen molar-refractivity contribution in [3.63, 3.8) is 0 Å². The molecule has 42 heavy (non-hydrogen) atoms. The van der Waals surface area contributed by atoms with Crippen LogP contribution in [0.1, 0.15) is 37.3 Å². The summed E-state index contributed by atoms with van der Waals surface area (Å²) < 4.78 is 12.6. The molecule has 1 spiro atoms. The van der Waals surface area contributed by atoms with Crippen molar-refractivity contribution < 1.29 is 29.0 Å². The SMILES string of the molecule is C[C@]12/C=C\CCCCOC(=O)[C@H]1[C@H]1C(=O)N([C@@H](CO)Cc3ccccc3)C3C(=O)N(Cc4ccccc4)CC=C[C@@]31O2. The first-order valence-electron chi connectivity index (χ1n) is 14.9. The maximum Gasteiger partial charge on any atom is 0.313 e. The van der Waals surface area contributed by atoms with Crippen LogP contribution in [-0.4, -0.2) is 75.7 Å². The van der Waals surface area contributed by atoms with Gasteiger partial charge in [0.05, 0.1) is 30.8 Å². The highest BCUT2D eigenvalue weighted by molar-refractivity contribution is 5.99. The predicted molar refractivity (Wildman–Crippen MR) is 156 cm³/mol. The lowest BCUT2D eigenvalue weighted by atomic mass is 9.74. The Bertz CT molecular complexity index is 1380. The Balaban J connectivity index is 1.46. The number of nitrogens with zero attached hydrogens (tertiary/aromatic N) is 2. The van der Waals surface area contributed by atoms with Crippen molar-refractivity contribution in [1.29, 1.82) is 0 Å². The molecule has 220 valence electrons. The van der Waals surface area contributed by atoms with E-state index >= 15 is 0 Å². The Morgan fingerprint density at radius 1 is 0.905 bits per heavy atom. The second kappa shape index (κ2) is 11.5. The van der Waals surface area contributed by atoms with Gasteiger partial charge in [0.2, 0.25) is 11.8 Å². The van der Waals surface area contributed by atoms with Gasteiger partial charge in [-0.15, -0.1) is 0 Å². The van der Waals surface area contributed by atoms with Gasteiger partial charge in [0.25, 0.3) is 0 Å². The van der Waals surface area contributed by atoms with Crippen LogP contribution < -0.4 is 0 Å². The number of cyclic esters (lactones) is 1. The number of likely N-dealkylation sites (tertiary alicyclic amines) is 1. The highest BCUT2D eigenvalue weighted by Gasteiger charge is 2.75. The highest BCUT2D eigenvalue weighted by Crippen LogP contribution is 2.57. The van der Waals surface area contributed by atoms with Crippen molar-refractivity contribution in [2.75, 3.05) is 19.8 Å². The van der Waals surface area contributed by atoms with Crippen LogP contribution >= 0.6 is 0 Å². The molecule has 1 N–H and O–H groups in total. The van der Waals surface area contributed by atoms with Crippen LogP contribution in [0.3, 0.4) is 0 Å². The van der Waals surface area contributed by atoms with Crippen molar-refractivity contribution in [2.45, 2.75) is 62.4 Å². The molecule has 0 aliphatic carbocycles. The second-order valence-corrected chi connectivity index (χ2v) is 11.9. The smallest absolute Gasteiger partial charge is 0.313 e. The van der Waals surface area contributed by atoms with Gasteiger partial charge < -0.3 is 24.4 Å². The monoisotopic (exact) mass is 570 g/mol. The normalized spacial score (nSPS) is 32.4. The molecule has 4 aliphatic heterocycles. The third-order valence-electron chi connectivity index (χ3n) is 9.16. The van der Waals surface area contributed by atoms with Gasteiger partial charge in [0, 0.05) is 13.1 Å². The van der Waals surface area contributed by atoms with E-state index in [1.165, 1.54) is 4.90 Å². The molecule has 2 amide bonds. The summed E-state index contributed by atoms with van der Waals surface area (Å²) in [4.78, 5) is 46.2. The number of amides is 2. The minimum Gasteiger partial charge on any atom is -0.465 e. The molecule has 0 saturated carbocycles. The molecular weight excluding hydrogens is 532 g/mol. The molecule has 2 aromatic carbocycles. The second-order valence-electron chi connectivity index (χ2n) is 11.9. The zero-order valence-corrected chi connectivity index (χ0v) is 23.9. The van der Waals surface area contributed by atoms with Crippen LogP contribution in [0.4, 0.5) is 0 Å². The number of fused-ring (bicyclic) bond motifs is 2. The molecule has 0 bridgehead atoms. The van der Waals surface area contributed by atoms with E-state index in [0.29, 0.717) is 19.5 Å². The lowest BCUT2D eigenvalue weighted by Crippen LogP contribution is -2.59. The summed E-state index contributed by atoms with van der Waals surface area (Å²) in [6.07, 6.45) is 10.4. The van der Waals surface area contributed by atoms with Crippen molar-refractivity contribution >= 4 is 17.8 Å². The van der Waals surface area contributed by atoms with E-state index < -0.39 is 41.1 Å². The maximum atomic E-state index is 14.7. The lowest BCUT2D eigenvalue weighted by molar-refractivity contribution is -0.161. The van der Waals surface area contributed by atoms with E-state index in [2.05, 4.69) is 0 Å². The number of aliphatic hydroxyl groups excluding tert-OH is 1. The Hall–Kier alpha value is -3.75. The zero-order valence-electron chi connectivity index (χ0n) is 23.9. The van der Waals surface area contributed by atoms with E-state index in [9.17, 15) is 19.5 Å². The number of esters is 1. The molecule has 1 unspecified atom stereocenters. The van der Waals surface area contributed by atoms with Crippen LogP contribution in [0.2, 0.25) is 0 Å². The number of ether oxygens (including phenoxy) is 2. The molecular formula is C34H38N2O6. The third kappa shape index (κ3) is 4.86.